The van der Waals surface area contributed by atoms with Gasteiger partial charge in [0.2, 0.25) is 27.6 Å². The second kappa shape index (κ2) is 9.19. The largest absolute Gasteiger partial charge is 0.339 e. The highest BCUT2D eigenvalue weighted by molar-refractivity contribution is 7.89. The third-order valence-corrected chi connectivity index (χ3v) is 6.48. The summed E-state index contributed by atoms with van der Waals surface area (Å²) >= 11 is 0. The molecule has 0 aliphatic carbocycles. The zero-order chi connectivity index (χ0) is 21.7. The Balaban J connectivity index is 1.56. The molecule has 158 valence electrons. The number of nitrogens with one attached hydrogen (secondary N) is 1. The van der Waals surface area contributed by atoms with Crippen LogP contribution in [0.25, 0.3) is 11.4 Å². The highest BCUT2D eigenvalue weighted by Gasteiger charge is 2.20. The molecule has 0 aliphatic heterocycles. The summed E-state index contributed by atoms with van der Waals surface area (Å²) in [6.45, 7) is 1.72. The van der Waals surface area contributed by atoms with Crippen LogP contribution in [-0.4, -0.2) is 42.9 Å². The van der Waals surface area contributed by atoms with E-state index in [1.807, 2.05) is 30.3 Å². The molecule has 0 spiro atoms. The number of aryl methyl sites for hydroxylation is 2. The van der Waals surface area contributed by atoms with Gasteiger partial charge in [0.05, 0.1) is 4.90 Å². The van der Waals surface area contributed by atoms with Crippen molar-refractivity contribution in [2.75, 3.05) is 19.4 Å². The van der Waals surface area contributed by atoms with E-state index in [9.17, 15) is 13.2 Å². The molecule has 0 atom stereocenters. The van der Waals surface area contributed by atoms with Crippen molar-refractivity contribution < 1.29 is 17.7 Å². The maximum Gasteiger partial charge on any atom is 0.242 e. The fraction of sp³-hybridized carbons (Fsp3) is 0.286. The van der Waals surface area contributed by atoms with Gasteiger partial charge in [-0.25, -0.2) is 12.7 Å². The van der Waals surface area contributed by atoms with Gasteiger partial charge in [-0.2, -0.15) is 4.98 Å². The molecule has 1 heterocycles. The molecule has 0 fully saturated rings. The molecule has 9 heteroatoms. The Morgan fingerprint density at radius 1 is 1.13 bits per heavy atom. The molecule has 0 unspecified atom stereocenters. The van der Waals surface area contributed by atoms with E-state index in [-0.39, 0.29) is 17.2 Å². The molecule has 0 radical (unpaired) electrons. The minimum absolute atomic E-state index is 0.171. The molecule has 1 amide bonds. The number of anilines is 1. The van der Waals surface area contributed by atoms with Crippen molar-refractivity contribution in [2.24, 2.45) is 0 Å². The smallest absolute Gasteiger partial charge is 0.242 e. The lowest BCUT2D eigenvalue weighted by Crippen LogP contribution is -2.23. The predicted molar refractivity (Wildman–Crippen MR) is 113 cm³/mol. The molecular formula is C21H24N4O4S. The molecule has 2 aromatic carbocycles. The van der Waals surface area contributed by atoms with Gasteiger partial charge in [-0.15, -0.1) is 0 Å². The van der Waals surface area contributed by atoms with Crippen LogP contribution in [0.2, 0.25) is 0 Å². The van der Waals surface area contributed by atoms with Crippen LogP contribution in [-0.2, 0) is 21.2 Å². The summed E-state index contributed by atoms with van der Waals surface area (Å²) in [4.78, 5) is 16.8. The zero-order valence-electron chi connectivity index (χ0n) is 17.1. The Labute approximate surface area is 176 Å². The second-order valence-corrected chi connectivity index (χ2v) is 9.17. The van der Waals surface area contributed by atoms with Crippen LogP contribution in [0.5, 0.6) is 0 Å². The fourth-order valence-electron chi connectivity index (χ4n) is 2.84. The Morgan fingerprint density at radius 3 is 2.57 bits per heavy atom. The molecule has 3 aromatic rings. The Bertz CT molecular complexity index is 1120. The Kier molecular flexibility index (Phi) is 6.63. The first-order valence-corrected chi connectivity index (χ1v) is 10.9. The van der Waals surface area contributed by atoms with Crippen LogP contribution in [0.4, 0.5) is 5.69 Å². The van der Waals surface area contributed by atoms with E-state index < -0.39 is 10.0 Å². The van der Waals surface area contributed by atoms with Crippen molar-refractivity contribution in [2.45, 2.75) is 31.1 Å². The lowest BCUT2D eigenvalue weighted by molar-refractivity contribution is -0.116. The van der Waals surface area contributed by atoms with Gasteiger partial charge < -0.3 is 9.84 Å². The summed E-state index contributed by atoms with van der Waals surface area (Å²) in [6.07, 6.45) is 1.24. The standard InChI is InChI=1S/C21H24N4O4S/c1-15-12-13-17(14-18(15)30(27,28)25(2)3)22-19(26)10-7-11-20-23-21(24-29-20)16-8-5-4-6-9-16/h4-6,8-9,12-14H,7,10-11H2,1-3H3,(H,22,26). The van der Waals surface area contributed by atoms with E-state index >= 15 is 0 Å². The lowest BCUT2D eigenvalue weighted by Gasteiger charge is -2.15. The van der Waals surface area contributed by atoms with Gasteiger partial charge >= 0.3 is 0 Å². The number of carbonyl (C=O) groups is 1. The monoisotopic (exact) mass is 428 g/mol. The molecule has 0 saturated carbocycles. The van der Waals surface area contributed by atoms with Crippen molar-refractivity contribution >= 4 is 21.6 Å². The summed E-state index contributed by atoms with van der Waals surface area (Å²) in [5.74, 6) is 0.774. The molecular weight excluding hydrogens is 404 g/mol. The summed E-state index contributed by atoms with van der Waals surface area (Å²) in [5, 5.41) is 6.71. The van der Waals surface area contributed by atoms with E-state index in [1.54, 1.807) is 19.1 Å². The number of sulfonamides is 1. The number of carbonyl (C=O) groups excluding carboxylic acids is 1. The minimum atomic E-state index is -3.59. The third-order valence-electron chi connectivity index (χ3n) is 4.53. The average Bonchev–Trinajstić information content (AvgIpc) is 3.19. The molecule has 8 nitrogen and oxygen atoms in total. The van der Waals surface area contributed by atoms with E-state index in [1.165, 1.54) is 20.2 Å². The van der Waals surface area contributed by atoms with Crippen molar-refractivity contribution in [3.63, 3.8) is 0 Å². The van der Waals surface area contributed by atoms with E-state index in [0.717, 1.165) is 9.87 Å². The molecule has 0 saturated heterocycles. The zero-order valence-corrected chi connectivity index (χ0v) is 17.9. The normalized spacial score (nSPS) is 11.6. The Hall–Kier alpha value is -3.04. The first-order chi connectivity index (χ1) is 14.3. The number of aromatic nitrogens is 2. The van der Waals surface area contributed by atoms with Crippen molar-refractivity contribution in [1.82, 2.24) is 14.4 Å². The fourth-order valence-corrected chi connectivity index (χ4v) is 3.98. The minimum Gasteiger partial charge on any atom is -0.339 e. The maximum atomic E-state index is 12.4. The van der Waals surface area contributed by atoms with Gasteiger partial charge in [-0.3, -0.25) is 4.79 Å². The maximum absolute atomic E-state index is 12.4. The molecule has 1 N–H and O–H groups in total. The predicted octanol–water partition coefficient (Wildman–Crippen LogP) is 3.26. The highest BCUT2D eigenvalue weighted by atomic mass is 32.2. The molecule has 30 heavy (non-hydrogen) atoms. The first-order valence-electron chi connectivity index (χ1n) is 9.48. The van der Waals surface area contributed by atoms with E-state index in [0.29, 0.717) is 35.8 Å². The number of hydrogen-bond donors (Lipinski definition) is 1. The lowest BCUT2D eigenvalue weighted by atomic mass is 10.2. The van der Waals surface area contributed by atoms with Crippen LogP contribution in [0.15, 0.2) is 57.9 Å². The highest BCUT2D eigenvalue weighted by Crippen LogP contribution is 2.22. The number of benzene rings is 2. The summed E-state index contributed by atoms with van der Waals surface area (Å²) in [7, 11) is -0.639. The summed E-state index contributed by atoms with van der Waals surface area (Å²) < 4.78 is 31.2. The molecule has 0 aliphatic rings. The number of hydrogen-bond acceptors (Lipinski definition) is 6. The van der Waals surface area contributed by atoms with Crippen molar-refractivity contribution in [3.05, 3.63) is 60.0 Å². The van der Waals surface area contributed by atoms with Crippen LogP contribution < -0.4 is 5.32 Å². The van der Waals surface area contributed by atoms with Gasteiger partial charge in [0.15, 0.2) is 0 Å². The average molecular weight is 429 g/mol. The van der Waals surface area contributed by atoms with Crippen molar-refractivity contribution in [1.29, 1.82) is 0 Å². The topological polar surface area (TPSA) is 105 Å². The van der Waals surface area contributed by atoms with E-state index in [2.05, 4.69) is 15.5 Å². The SMILES string of the molecule is Cc1ccc(NC(=O)CCCc2nc(-c3ccccc3)no2)cc1S(=O)(=O)N(C)C. The van der Waals surface area contributed by atoms with E-state index in [4.69, 9.17) is 4.52 Å². The van der Waals surface area contributed by atoms with Crippen LogP contribution in [0, 0.1) is 6.92 Å². The quantitative estimate of drug-likeness (QED) is 0.590. The second-order valence-electron chi connectivity index (χ2n) is 7.05. The Morgan fingerprint density at radius 2 is 1.87 bits per heavy atom. The summed E-state index contributed by atoms with van der Waals surface area (Å²) in [6, 6.07) is 14.3. The molecule has 0 bridgehead atoms. The van der Waals surface area contributed by atoms with Crippen LogP contribution >= 0.6 is 0 Å². The van der Waals surface area contributed by atoms with Gasteiger partial charge in [0.1, 0.15) is 0 Å². The van der Waals surface area contributed by atoms with Crippen LogP contribution in [0.3, 0.4) is 0 Å². The van der Waals surface area contributed by atoms with Crippen LogP contribution in [0.1, 0.15) is 24.3 Å². The van der Waals surface area contributed by atoms with Gasteiger partial charge in [0.25, 0.3) is 0 Å². The number of nitrogens with zero attached hydrogens (tertiary/aromatic N) is 3. The number of rotatable bonds is 8. The third kappa shape index (κ3) is 5.11. The molecule has 1 aromatic heterocycles. The molecule has 3 rings (SSSR count). The van der Waals surface area contributed by atoms with Crippen molar-refractivity contribution in [3.8, 4) is 11.4 Å². The first kappa shape index (κ1) is 21.7. The summed E-state index contributed by atoms with van der Waals surface area (Å²) in [5.41, 5.74) is 1.93. The van der Waals surface area contributed by atoms with Gasteiger partial charge in [0, 0.05) is 38.2 Å². The van der Waals surface area contributed by atoms with Gasteiger partial charge in [-0.1, -0.05) is 41.6 Å². The van der Waals surface area contributed by atoms with Gasteiger partial charge in [-0.05, 0) is 31.0 Å². The number of amides is 1.